The van der Waals surface area contributed by atoms with Gasteiger partial charge in [-0.1, -0.05) is 0 Å². The SMILES string of the molecule is CC(=O)C1(N2C(=O)C=CC2=O)CN(C)C1. The molecule has 0 N–H and O–H groups in total. The second kappa shape index (κ2) is 3.00. The van der Waals surface area contributed by atoms with E-state index in [9.17, 15) is 14.4 Å². The summed E-state index contributed by atoms with van der Waals surface area (Å²) in [5.41, 5.74) is -0.924. The van der Waals surface area contributed by atoms with E-state index in [1.165, 1.54) is 19.1 Å². The highest BCUT2D eigenvalue weighted by Crippen LogP contribution is 2.30. The molecule has 2 aliphatic rings. The van der Waals surface area contributed by atoms with E-state index in [1.54, 1.807) is 0 Å². The van der Waals surface area contributed by atoms with Gasteiger partial charge in [-0.2, -0.15) is 0 Å². The number of imide groups is 1. The number of carbonyl (C=O) groups is 3. The number of hydrogen-bond acceptors (Lipinski definition) is 4. The van der Waals surface area contributed by atoms with Crippen LogP contribution in [0.15, 0.2) is 12.2 Å². The van der Waals surface area contributed by atoms with E-state index in [-0.39, 0.29) is 17.6 Å². The summed E-state index contributed by atoms with van der Waals surface area (Å²) in [6.45, 7) is 2.29. The number of carbonyl (C=O) groups excluding carboxylic acids is 3. The zero-order valence-electron chi connectivity index (χ0n) is 8.69. The molecule has 5 heteroatoms. The zero-order chi connectivity index (χ0) is 11.2. The summed E-state index contributed by atoms with van der Waals surface area (Å²) in [5.74, 6) is -0.905. The van der Waals surface area contributed by atoms with Crippen LogP contribution in [-0.4, -0.2) is 53.1 Å². The van der Waals surface area contributed by atoms with E-state index < -0.39 is 5.54 Å². The number of rotatable bonds is 2. The van der Waals surface area contributed by atoms with Crippen molar-refractivity contribution in [2.45, 2.75) is 12.5 Å². The molecular weight excluding hydrogens is 196 g/mol. The first-order chi connectivity index (χ1) is 6.97. The predicted molar refractivity (Wildman–Crippen MR) is 51.9 cm³/mol. The first-order valence-corrected chi connectivity index (χ1v) is 4.73. The first kappa shape index (κ1) is 10.0. The maximum absolute atomic E-state index is 11.6. The Bertz CT molecular complexity index is 362. The molecule has 15 heavy (non-hydrogen) atoms. The van der Waals surface area contributed by atoms with Gasteiger partial charge in [-0.15, -0.1) is 0 Å². The maximum atomic E-state index is 11.6. The Morgan fingerprint density at radius 2 is 1.73 bits per heavy atom. The van der Waals surface area contributed by atoms with Gasteiger partial charge in [0.05, 0.1) is 0 Å². The summed E-state index contributed by atoms with van der Waals surface area (Å²) < 4.78 is 0. The molecular formula is C10H12N2O3. The van der Waals surface area contributed by atoms with Crippen molar-refractivity contribution in [1.29, 1.82) is 0 Å². The number of likely N-dealkylation sites (N-methyl/N-ethyl adjacent to an activating group) is 1. The van der Waals surface area contributed by atoms with Crippen molar-refractivity contribution in [2.75, 3.05) is 20.1 Å². The molecule has 1 fully saturated rings. The van der Waals surface area contributed by atoms with Crippen LogP contribution in [0.3, 0.4) is 0 Å². The van der Waals surface area contributed by atoms with Gasteiger partial charge in [-0.05, 0) is 14.0 Å². The van der Waals surface area contributed by atoms with E-state index in [2.05, 4.69) is 0 Å². The van der Waals surface area contributed by atoms with Crippen LogP contribution >= 0.6 is 0 Å². The van der Waals surface area contributed by atoms with Crippen LogP contribution in [0.25, 0.3) is 0 Å². The van der Waals surface area contributed by atoms with Crippen LogP contribution in [0.2, 0.25) is 0 Å². The molecule has 1 saturated heterocycles. The van der Waals surface area contributed by atoms with Crippen LogP contribution in [0.4, 0.5) is 0 Å². The quantitative estimate of drug-likeness (QED) is 0.557. The first-order valence-electron chi connectivity index (χ1n) is 4.73. The Balaban J connectivity index is 2.32. The third-order valence-corrected chi connectivity index (χ3v) is 2.96. The van der Waals surface area contributed by atoms with Gasteiger partial charge in [0.15, 0.2) is 5.78 Å². The summed E-state index contributed by atoms with van der Waals surface area (Å²) >= 11 is 0. The van der Waals surface area contributed by atoms with Crippen LogP contribution < -0.4 is 0 Å². The number of likely N-dealkylation sites (tertiary alicyclic amines) is 1. The van der Waals surface area contributed by atoms with Gasteiger partial charge in [0, 0.05) is 25.2 Å². The summed E-state index contributed by atoms with van der Waals surface area (Å²) in [5, 5.41) is 0. The third-order valence-electron chi connectivity index (χ3n) is 2.96. The Kier molecular flexibility index (Phi) is 2.01. The number of amides is 2. The van der Waals surface area contributed by atoms with E-state index in [4.69, 9.17) is 0 Å². The predicted octanol–water partition coefficient (Wildman–Crippen LogP) is -0.815. The molecule has 0 aromatic carbocycles. The second-order valence-corrected chi connectivity index (χ2v) is 4.11. The second-order valence-electron chi connectivity index (χ2n) is 4.11. The molecule has 0 atom stereocenters. The minimum atomic E-state index is -0.924. The number of ketones is 1. The summed E-state index contributed by atoms with van der Waals surface area (Å²) in [6.07, 6.45) is 2.43. The molecule has 0 radical (unpaired) electrons. The molecule has 2 amide bonds. The Labute approximate surface area is 87.3 Å². The summed E-state index contributed by atoms with van der Waals surface area (Å²) in [6, 6.07) is 0. The third kappa shape index (κ3) is 1.23. The molecule has 2 heterocycles. The van der Waals surface area contributed by atoms with E-state index >= 15 is 0 Å². The molecule has 0 bridgehead atoms. The van der Waals surface area contributed by atoms with E-state index in [1.807, 2.05) is 11.9 Å². The molecule has 2 rings (SSSR count). The molecule has 0 aliphatic carbocycles. The van der Waals surface area contributed by atoms with Crippen LogP contribution in [0, 0.1) is 0 Å². The minimum Gasteiger partial charge on any atom is -0.301 e. The highest BCUT2D eigenvalue weighted by atomic mass is 16.2. The molecule has 2 aliphatic heterocycles. The van der Waals surface area contributed by atoms with Crippen molar-refractivity contribution < 1.29 is 14.4 Å². The van der Waals surface area contributed by atoms with Gasteiger partial charge >= 0.3 is 0 Å². The van der Waals surface area contributed by atoms with Crippen molar-refractivity contribution in [3.05, 3.63) is 12.2 Å². The standard InChI is InChI=1S/C10H12N2O3/c1-7(13)10(5-11(2)6-10)12-8(14)3-4-9(12)15/h3-4H,5-6H2,1-2H3. The molecule has 0 spiro atoms. The average molecular weight is 208 g/mol. The lowest BCUT2D eigenvalue weighted by molar-refractivity contribution is -0.160. The molecule has 80 valence electrons. The van der Waals surface area contributed by atoms with Crippen molar-refractivity contribution in [3.63, 3.8) is 0 Å². The average Bonchev–Trinajstić information content (AvgIpc) is 2.41. The summed E-state index contributed by atoms with van der Waals surface area (Å²) in [4.78, 5) is 37.5. The number of hydrogen-bond donors (Lipinski definition) is 0. The van der Waals surface area contributed by atoms with Crippen molar-refractivity contribution in [2.24, 2.45) is 0 Å². The van der Waals surface area contributed by atoms with Crippen molar-refractivity contribution in [1.82, 2.24) is 9.80 Å². The van der Waals surface area contributed by atoms with Crippen LogP contribution in [0.1, 0.15) is 6.92 Å². The molecule has 0 aromatic heterocycles. The number of nitrogens with zero attached hydrogens (tertiary/aromatic N) is 2. The fourth-order valence-corrected chi connectivity index (χ4v) is 2.19. The van der Waals surface area contributed by atoms with Gasteiger partial charge in [-0.25, -0.2) is 0 Å². The minimum absolute atomic E-state index is 0.133. The van der Waals surface area contributed by atoms with Gasteiger partial charge in [0.25, 0.3) is 11.8 Å². The highest BCUT2D eigenvalue weighted by molar-refractivity contribution is 6.16. The monoisotopic (exact) mass is 208 g/mol. The van der Waals surface area contributed by atoms with Crippen LogP contribution in [-0.2, 0) is 14.4 Å². The van der Waals surface area contributed by atoms with Gasteiger partial charge in [-0.3, -0.25) is 19.3 Å². The normalized spacial score (nSPS) is 24.5. The largest absolute Gasteiger partial charge is 0.301 e. The summed E-state index contributed by atoms with van der Waals surface area (Å²) in [7, 11) is 1.85. The maximum Gasteiger partial charge on any atom is 0.254 e. The van der Waals surface area contributed by atoms with Gasteiger partial charge in [0.2, 0.25) is 0 Å². The lowest BCUT2D eigenvalue weighted by atomic mass is 9.84. The lowest BCUT2D eigenvalue weighted by Gasteiger charge is -2.50. The lowest BCUT2D eigenvalue weighted by Crippen LogP contribution is -2.73. The molecule has 0 aromatic rings. The smallest absolute Gasteiger partial charge is 0.254 e. The van der Waals surface area contributed by atoms with Gasteiger partial charge < -0.3 is 4.90 Å². The zero-order valence-corrected chi connectivity index (χ0v) is 8.69. The molecule has 0 unspecified atom stereocenters. The van der Waals surface area contributed by atoms with Crippen LogP contribution in [0.5, 0.6) is 0 Å². The van der Waals surface area contributed by atoms with Gasteiger partial charge in [0.1, 0.15) is 5.54 Å². The Hall–Kier alpha value is -1.49. The van der Waals surface area contributed by atoms with Crippen molar-refractivity contribution in [3.8, 4) is 0 Å². The van der Waals surface area contributed by atoms with Crippen molar-refractivity contribution >= 4 is 17.6 Å². The topological polar surface area (TPSA) is 57.7 Å². The number of Topliss-reactive ketones (excluding diaryl/α,β-unsaturated/α-hetero) is 1. The fraction of sp³-hybridized carbons (Fsp3) is 0.500. The highest BCUT2D eigenvalue weighted by Gasteiger charge is 2.54. The Morgan fingerprint density at radius 1 is 1.27 bits per heavy atom. The Morgan fingerprint density at radius 3 is 2.07 bits per heavy atom. The van der Waals surface area contributed by atoms with E-state index in [0.29, 0.717) is 13.1 Å². The van der Waals surface area contributed by atoms with E-state index in [0.717, 1.165) is 4.90 Å². The fourth-order valence-electron chi connectivity index (χ4n) is 2.19. The molecule has 5 nitrogen and oxygen atoms in total. The molecule has 0 saturated carbocycles.